The van der Waals surface area contributed by atoms with Gasteiger partial charge in [0, 0.05) is 6.20 Å². The predicted octanol–water partition coefficient (Wildman–Crippen LogP) is 4.75. The van der Waals surface area contributed by atoms with Crippen LogP contribution in [0.2, 0.25) is 18.1 Å². The fourth-order valence-corrected chi connectivity index (χ4v) is 1.97. The van der Waals surface area contributed by atoms with E-state index in [4.69, 9.17) is 11.9 Å². The van der Waals surface area contributed by atoms with Crippen molar-refractivity contribution in [2.45, 2.75) is 52.4 Å². The molecule has 0 radical (unpaired) electrons. The largest absolute Gasteiger partial charge is 0.494 e. The summed E-state index contributed by atoms with van der Waals surface area (Å²) in [5.41, 5.74) is -0.278. The van der Waals surface area contributed by atoms with Gasteiger partial charge in [-0.25, -0.2) is 4.39 Å². The third-order valence-electron chi connectivity index (χ3n) is 3.72. The van der Waals surface area contributed by atoms with Crippen molar-refractivity contribution >= 4 is 14.1 Å². The van der Waals surface area contributed by atoms with Gasteiger partial charge in [0.25, 0.3) is 0 Å². The maximum Gasteiger partial charge on any atom is 0.192 e. The zero-order valence-electron chi connectivity index (χ0n) is 15.7. The Morgan fingerprint density at radius 1 is 1.48 bits per heavy atom. The summed E-state index contributed by atoms with van der Waals surface area (Å²) >= 11 is 0. The molecule has 0 spiro atoms. The van der Waals surface area contributed by atoms with Crippen molar-refractivity contribution in [1.29, 1.82) is 0 Å². The van der Waals surface area contributed by atoms with E-state index < -0.39 is 20.7 Å². The van der Waals surface area contributed by atoms with E-state index in [2.05, 4.69) is 11.6 Å². The lowest BCUT2D eigenvalue weighted by Gasteiger charge is -2.36. The van der Waals surface area contributed by atoms with Gasteiger partial charge in [-0.2, -0.15) is 0 Å². The van der Waals surface area contributed by atoms with E-state index >= 15 is 0 Å². The highest BCUT2D eigenvalue weighted by molar-refractivity contribution is 6.74. The third-order valence-corrected chi connectivity index (χ3v) is 7.94. The van der Waals surface area contributed by atoms with Crippen molar-refractivity contribution in [3.63, 3.8) is 0 Å². The van der Waals surface area contributed by atoms with Gasteiger partial charge in [0.2, 0.25) is 0 Å². The first kappa shape index (κ1) is 14.7. The molecule has 1 heterocycles. The van der Waals surface area contributed by atoms with Gasteiger partial charge in [0.1, 0.15) is 11.5 Å². The van der Waals surface area contributed by atoms with E-state index in [0.717, 1.165) is 0 Å². The minimum absolute atomic E-state index is 0.0968. The van der Waals surface area contributed by atoms with Crippen LogP contribution in [0.5, 0.6) is 0 Å². The average Bonchev–Trinajstić information content (AvgIpc) is 2.36. The fourth-order valence-electron chi connectivity index (χ4n) is 1.31. The average molecular weight is 313 g/mol. The van der Waals surface area contributed by atoms with Crippen LogP contribution < -0.4 is 0 Å². The molecule has 0 amide bonds. The van der Waals surface area contributed by atoms with Crippen LogP contribution in [0.25, 0.3) is 5.76 Å². The molecule has 0 unspecified atom stereocenters. The topological polar surface area (TPSA) is 31.4 Å². The quantitative estimate of drug-likeness (QED) is 0.561. The summed E-state index contributed by atoms with van der Waals surface area (Å²) in [6.07, 6.45) is 1.34. The highest BCUT2D eigenvalue weighted by atomic mass is 28.4. The lowest BCUT2D eigenvalue weighted by atomic mass is 10.2. The molecular weight excluding hydrogens is 285 g/mol. The van der Waals surface area contributed by atoms with Gasteiger partial charge in [0.05, 0.1) is 21.5 Å². The molecule has 0 saturated heterocycles. The van der Waals surface area contributed by atoms with Crippen molar-refractivity contribution in [2.75, 3.05) is 6.61 Å². The molecule has 0 aromatic carbocycles. The standard InChI is InChI=1S/C16H26FNO2Si/c1-8-19-12(2)13-9-10-18-14(15(13)17)11-20-21(6,7)16(3,4)5/h9-10H,2,8,11H2,1,3-7H3/i11D2. The monoisotopic (exact) mass is 313 g/mol. The van der Waals surface area contributed by atoms with Crippen LogP contribution in [0.15, 0.2) is 18.8 Å². The Morgan fingerprint density at radius 3 is 2.62 bits per heavy atom. The summed E-state index contributed by atoms with van der Waals surface area (Å²) in [5, 5.41) is -0.205. The summed E-state index contributed by atoms with van der Waals surface area (Å²) in [6, 6.07) is 1.42. The number of hydrogen-bond donors (Lipinski definition) is 0. The maximum absolute atomic E-state index is 14.7. The van der Waals surface area contributed by atoms with Gasteiger partial charge in [-0.1, -0.05) is 27.4 Å². The minimum atomic E-state index is -2.44. The van der Waals surface area contributed by atoms with E-state index in [9.17, 15) is 4.39 Å². The minimum Gasteiger partial charge on any atom is -0.494 e. The summed E-state index contributed by atoms with van der Waals surface area (Å²) in [7, 11) is -2.44. The molecule has 118 valence electrons. The highest BCUT2D eigenvalue weighted by Crippen LogP contribution is 2.37. The second kappa shape index (κ2) is 6.71. The number of hydrogen-bond acceptors (Lipinski definition) is 3. The highest BCUT2D eigenvalue weighted by Gasteiger charge is 2.37. The number of ether oxygens (including phenoxy) is 1. The molecule has 0 aliphatic carbocycles. The van der Waals surface area contributed by atoms with Crippen molar-refractivity contribution in [3.8, 4) is 0 Å². The number of rotatable bonds is 6. The molecule has 0 bridgehead atoms. The van der Waals surface area contributed by atoms with E-state index in [-0.39, 0.29) is 22.1 Å². The van der Waals surface area contributed by atoms with Crippen LogP contribution in [0, 0.1) is 5.82 Å². The molecule has 0 fully saturated rings. The predicted molar refractivity (Wildman–Crippen MR) is 86.8 cm³/mol. The van der Waals surface area contributed by atoms with Gasteiger partial charge in [-0.15, -0.1) is 0 Å². The molecule has 21 heavy (non-hydrogen) atoms. The fraction of sp³-hybridized carbons (Fsp3) is 0.562. The Balaban J connectivity index is 3.24. The molecule has 3 nitrogen and oxygen atoms in total. The van der Waals surface area contributed by atoms with Crippen molar-refractivity contribution < 1.29 is 16.3 Å². The number of pyridine rings is 1. The molecule has 1 rings (SSSR count). The van der Waals surface area contributed by atoms with E-state index in [1.165, 1.54) is 12.3 Å². The molecular formula is C16H26FNO2Si. The van der Waals surface area contributed by atoms with Gasteiger partial charge in [-0.3, -0.25) is 4.98 Å². The molecule has 0 N–H and O–H groups in total. The van der Waals surface area contributed by atoms with Gasteiger partial charge >= 0.3 is 0 Å². The molecule has 1 aromatic rings. The van der Waals surface area contributed by atoms with Crippen LogP contribution in [-0.2, 0) is 15.7 Å². The molecule has 0 atom stereocenters. The number of halogens is 1. The summed E-state index contributed by atoms with van der Waals surface area (Å²) in [6.45, 7) is 13.3. The lowest BCUT2D eigenvalue weighted by molar-refractivity contribution is 0.265. The first-order chi connectivity index (χ1) is 10.3. The van der Waals surface area contributed by atoms with Crippen LogP contribution in [0.3, 0.4) is 0 Å². The number of aromatic nitrogens is 1. The Labute approximate surface area is 131 Å². The van der Waals surface area contributed by atoms with Crippen molar-refractivity contribution in [2.24, 2.45) is 0 Å². The third kappa shape index (κ3) is 4.38. The summed E-state index contributed by atoms with van der Waals surface area (Å²) in [5.74, 6) is -0.647. The molecule has 5 heteroatoms. The lowest BCUT2D eigenvalue weighted by Crippen LogP contribution is -2.40. The van der Waals surface area contributed by atoms with Crippen LogP contribution in [0.4, 0.5) is 4.39 Å². The van der Waals surface area contributed by atoms with Crippen molar-refractivity contribution in [1.82, 2.24) is 4.98 Å². The normalized spacial score (nSPS) is 14.4. The Bertz CT molecular complexity index is 586. The zero-order chi connectivity index (χ0) is 18.1. The molecule has 0 saturated carbocycles. The summed E-state index contributed by atoms with van der Waals surface area (Å²) in [4.78, 5) is 3.87. The second-order valence-electron chi connectivity index (χ2n) is 6.34. The molecule has 0 aliphatic rings. The first-order valence-corrected chi connectivity index (χ1v) is 9.91. The maximum atomic E-state index is 14.7. The number of nitrogens with zero attached hydrogens (tertiary/aromatic N) is 1. The van der Waals surface area contributed by atoms with Crippen molar-refractivity contribution in [3.05, 3.63) is 35.9 Å². The van der Waals surface area contributed by atoms with Gasteiger partial charge in [0.15, 0.2) is 14.1 Å². The van der Waals surface area contributed by atoms with Crippen LogP contribution >= 0.6 is 0 Å². The molecule has 1 aromatic heterocycles. The smallest absolute Gasteiger partial charge is 0.192 e. The second-order valence-corrected chi connectivity index (χ2v) is 11.1. The SMILES string of the molecule is [2H]C([2H])(O[Si](C)(C)C(C)(C)C)c1nccc(C(=C)OCC)c1F. The van der Waals surface area contributed by atoms with E-state index in [0.29, 0.717) is 6.61 Å². The van der Waals surface area contributed by atoms with E-state index in [1.54, 1.807) is 6.92 Å². The Hall–Kier alpha value is -1.20. The summed E-state index contributed by atoms with van der Waals surface area (Å²) < 4.78 is 42.0. The van der Waals surface area contributed by atoms with Gasteiger partial charge in [-0.05, 0) is 31.1 Å². The van der Waals surface area contributed by atoms with Crippen LogP contribution in [-0.4, -0.2) is 19.9 Å². The first-order valence-electron chi connectivity index (χ1n) is 8.00. The van der Waals surface area contributed by atoms with Crippen LogP contribution in [0.1, 0.15) is 41.7 Å². The Kier molecular flexibility index (Phi) is 4.70. The Morgan fingerprint density at radius 2 is 2.10 bits per heavy atom. The molecule has 0 aliphatic heterocycles. The van der Waals surface area contributed by atoms with E-state index in [1.807, 2.05) is 33.9 Å². The zero-order valence-corrected chi connectivity index (χ0v) is 14.7. The van der Waals surface area contributed by atoms with Gasteiger partial charge < -0.3 is 9.16 Å².